The molecule has 1 spiro atoms. The molecule has 35 heavy (non-hydrogen) atoms. The number of ether oxygens (including phenoxy) is 2. The Labute approximate surface area is 206 Å². The van der Waals surface area contributed by atoms with Crippen molar-refractivity contribution in [3.8, 4) is 11.8 Å². The van der Waals surface area contributed by atoms with Gasteiger partial charge in [0.2, 0.25) is 5.91 Å². The molecule has 2 saturated heterocycles. The molecule has 1 atom stereocenters. The first-order valence-electron chi connectivity index (χ1n) is 12.5. The van der Waals surface area contributed by atoms with Crippen molar-refractivity contribution in [2.45, 2.75) is 32.7 Å². The molecule has 2 aromatic rings. The van der Waals surface area contributed by atoms with Crippen LogP contribution in [-0.2, 0) is 16.1 Å². The fourth-order valence-electron chi connectivity index (χ4n) is 5.32. The first-order valence-corrected chi connectivity index (χ1v) is 12.5. The van der Waals surface area contributed by atoms with Crippen molar-refractivity contribution in [1.82, 2.24) is 24.7 Å². The van der Waals surface area contributed by atoms with Gasteiger partial charge in [-0.2, -0.15) is 0 Å². The van der Waals surface area contributed by atoms with E-state index < -0.39 is 0 Å². The summed E-state index contributed by atoms with van der Waals surface area (Å²) in [6, 6.07) is 10.2. The zero-order chi connectivity index (χ0) is 24.3. The first-order chi connectivity index (χ1) is 17.1. The highest BCUT2D eigenvalue weighted by atomic mass is 16.6. The molecule has 0 bridgehead atoms. The quantitative estimate of drug-likeness (QED) is 0.629. The number of carbonyl (C=O) groups excluding carboxylic acids is 2. The topological polar surface area (TPSA) is 88.1 Å². The molecule has 1 aromatic carbocycles. The van der Waals surface area contributed by atoms with Gasteiger partial charge in [-0.25, -0.2) is 14.8 Å². The highest BCUT2D eigenvalue weighted by Gasteiger charge is 2.59. The summed E-state index contributed by atoms with van der Waals surface area (Å²) in [4.78, 5) is 39.3. The Morgan fingerprint density at radius 3 is 2.29 bits per heavy atom. The van der Waals surface area contributed by atoms with Crippen molar-refractivity contribution in [2.24, 2.45) is 11.3 Å². The highest BCUT2D eigenvalue weighted by Crippen LogP contribution is 2.60. The number of carbonyl (C=O) groups is 2. The van der Waals surface area contributed by atoms with Gasteiger partial charge in [-0.1, -0.05) is 12.1 Å². The number of piperidine rings is 1. The zero-order valence-corrected chi connectivity index (χ0v) is 20.3. The van der Waals surface area contributed by atoms with Gasteiger partial charge in [-0.05, 0) is 68.5 Å². The molecule has 0 radical (unpaired) electrons. The van der Waals surface area contributed by atoms with E-state index in [1.165, 1.54) is 5.56 Å². The lowest BCUT2D eigenvalue weighted by atomic mass is 9.90. The lowest BCUT2D eigenvalue weighted by Crippen LogP contribution is -2.51. The monoisotopic (exact) mass is 479 g/mol. The van der Waals surface area contributed by atoms with Gasteiger partial charge in [0.1, 0.15) is 5.75 Å². The van der Waals surface area contributed by atoms with Gasteiger partial charge in [0.15, 0.2) is 0 Å². The van der Waals surface area contributed by atoms with E-state index in [9.17, 15) is 9.59 Å². The predicted octanol–water partition coefficient (Wildman–Crippen LogP) is 3.17. The van der Waals surface area contributed by atoms with Crippen LogP contribution in [0.1, 0.15) is 31.7 Å². The van der Waals surface area contributed by atoms with E-state index in [1.807, 2.05) is 24.0 Å². The number of piperazine rings is 1. The molecular formula is C26H33N5O4. The number of nitrogens with zero attached hydrogens (tertiary/aromatic N) is 5. The third-order valence-corrected chi connectivity index (χ3v) is 7.54. The summed E-state index contributed by atoms with van der Waals surface area (Å²) in [5.41, 5.74) is 1.42. The molecule has 0 N–H and O–H groups in total. The molecule has 2 amide bonds. The number of amides is 2. The van der Waals surface area contributed by atoms with Crippen LogP contribution in [0.5, 0.6) is 11.8 Å². The van der Waals surface area contributed by atoms with Crippen LogP contribution in [0.15, 0.2) is 42.7 Å². The van der Waals surface area contributed by atoms with E-state index in [2.05, 4.69) is 27.0 Å². The average molecular weight is 480 g/mol. The summed E-state index contributed by atoms with van der Waals surface area (Å²) in [5.74, 6) is 1.15. The predicted molar refractivity (Wildman–Crippen MR) is 129 cm³/mol. The molecule has 186 valence electrons. The van der Waals surface area contributed by atoms with Crippen molar-refractivity contribution in [3.63, 3.8) is 0 Å². The molecular weight excluding hydrogens is 446 g/mol. The normalized spacial score (nSPS) is 21.6. The van der Waals surface area contributed by atoms with E-state index in [0.29, 0.717) is 38.8 Å². The summed E-state index contributed by atoms with van der Waals surface area (Å²) < 4.78 is 10.8. The van der Waals surface area contributed by atoms with Crippen LogP contribution in [0.2, 0.25) is 0 Å². The summed E-state index contributed by atoms with van der Waals surface area (Å²) >= 11 is 0. The lowest BCUT2D eigenvalue weighted by Gasteiger charge is -2.36. The summed E-state index contributed by atoms with van der Waals surface area (Å²) in [5, 5.41) is 0. The van der Waals surface area contributed by atoms with Gasteiger partial charge in [0.05, 0.1) is 6.61 Å². The van der Waals surface area contributed by atoms with Gasteiger partial charge in [-0.15, -0.1) is 0 Å². The highest BCUT2D eigenvalue weighted by molar-refractivity contribution is 5.83. The minimum absolute atomic E-state index is 0.149. The maximum absolute atomic E-state index is 13.1. The first kappa shape index (κ1) is 23.5. The summed E-state index contributed by atoms with van der Waals surface area (Å²) in [6.45, 7) is 7.42. The molecule has 1 aliphatic carbocycles. The standard InChI is InChI=1S/C26H33N5O4/c1-2-34-25(33)31-16-14-30(15-17-31)23(32)22-18-26(22)8-12-29(13-9-26)19-20-4-6-21(7-5-20)35-24-27-10-3-11-28-24/h3-7,10-11,22H,2,8-9,12-19H2,1H3/t22-/m1/s1. The molecule has 3 fully saturated rings. The number of likely N-dealkylation sites (tertiary alicyclic amines) is 1. The second-order valence-electron chi connectivity index (χ2n) is 9.68. The third-order valence-electron chi connectivity index (χ3n) is 7.54. The second-order valence-corrected chi connectivity index (χ2v) is 9.68. The largest absolute Gasteiger partial charge is 0.450 e. The number of hydrogen-bond acceptors (Lipinski definition) is 7. The third kappa shape index (κ3) is 5.40. The zero-order valence-electron chi connectivity index (χ0n) is 20.3. The molecule has 2 aliphatic heterocycles. The van der Waals surface area contributed by atoms with Crippen LogP contribution in [0.4, 0.5) is 4.79 Å². The van der Waals surface area contributed by atoms with E-state index in [0.717, 1.165) is 44.6 Å². The van der Waals surface area contributed by atoms with E-state index in [1.54, 1.807) is 23.4 Å². The molecule has 3 heterocycles. The number of benzene rings is 1. The Balaban J connectivity index is 1.06. The van der Waals surface area contributed by atoms with Gasteiger partial charge in [-0.3, -0.25) is 9.69 Å². The Morgan fingerprint density at radius 2 is 1.63 bits per heavy atom. The molecule has 1 saturated carbocycles. The fraction of sp³-hybridized carbons (Fsp3) is 0.538. The molecule has 1 aromatic heterocycles. The SMILES string of the molecule is CCOC(=O)N1CCN(C(=O)[C@H]2CC23CCN(Cc2ccc(Oc4ncccn4)cc2)CC3)CC1. The fourth-order valence-corrected chi connectivity index (χ4v) is 5.32. The van der Waals surface area contributed by atoms with Crippen LogP contribution < -0.4 is 4.74 Å². The molecule has 5 rings (SSSR count). The van der Waals surface area contributed by atoms with Gasteiger partial charge < -0.3 is 19.3 Å². The van der Waals surface area contributed by atoms with Gasteiger partial charge in [0, 0.05) is 51.0 Å². The number of aromatic nitrogens is 2. The minimum atomic E-state index is -0.276. The number of hydrogen-bond donors (Lipinski definition) is 0. The van der Waals surface area contributed by atoms with Crippen LogP contribution in [0, 0.1) is 11.3 Å². The minimum Gasteiger partial charge on any atom is -0.450 e. The van der Waals surface area contributed by atoms with Crippen molar-refractivity contribution in [3.05, 3.63) is 48.3 Å². The Morgan fingerprint density at radius 1 is 0.971 bits per heavy atom. The maximum Gasteiger partial charge on any atom is 0.409 e. The van der Waals surface area contributed by atoms with E-state index in [-0.39, 0.29) is 23.3 Å². The van der Waals surface area contributed by atoms with Crippen molar-refractivity contribution in [2.75, 3.05) is 45.9 Å². The van der Waals surface area contributed by atoms with Crippen molar-refractivity contribution in [1.29, 1.82) is 0 Å². The Kier molecular flexibility index (Phi) is 6.86. The molecule has 0 unspecified atom stereocenters. The smallest absolute Gasteiger partial charge is 0.409 e. The number of rotatable bonds is 6. The lowest BCUT2D eigenvalue weighted by molar-refractivity contribution is -0.135. The molecule has 9 heteroatoms. The van der Waals surface area contributed by atoms with Crippen molar-refractivity contribution >= 4 is 12.0 Å². The molecule has 3 aliphatic rings. The maximum atomic E-state index is 13.1. The Bertz CT molecular complexity index is 1020. The Hall–Kier alpha value is -3.20. The van der Waals surface area contributed by atoms with E-state index >= 15 is 0 Å². The van der Waals surface area contributed by atoms with Crippen LogP contribution in [-0.4, -0.2) is 82.5 Å². The van der Waals surface area contributed by atoms with Gasteiger partial charge >= 0.3 is 12.1 Å². The van der Waals surface area contributed by atoms with Crippen LogP contribution in [0.3, 0.4) is 0 Å². The average Bonchev–Trinajstić information content (AvgIpc) is 3.60. The van der Waals surface area contributed by atoms with Crippen molar-refractivity contribution < 1.29 is 19.1 Å². The van der Waals surface area contributed by atoms with E-state index in [4.69, 9.17) is 9.47 Å². The summed E-state index contributed by atoms with van der Waals surface area (Å²) in [7, 11) is 0. The van der Waals surface area contributed by atoms with Crippen LogP contribution in [0.25, 0.3) is 0 Å². The molecule has 9 nitrogen and oxygen atoms in total. The summed E-state index contributed by atoms with van der Waals surface area (Å²) in [6.07, 6.45) is 6.18. The van der Waals surface area contributed by atoms with Gasteiger partial charge in [0.25, 0.3) is 0 Å². The van der Waals surface area contributed by atoms with Crippen LogP contribution >= 0.6 is 0 Å². The second kappa shape index (κ2) is 10.2.